The number of carboxylic acids is 1. The molecule has 1 fully saturated rings. The van der Waals surface area contributed by atoms with Gasteiger partial charge in [0.1, 0.15) is 0 Å². The summed E-state index contributed by atoms with van der Waals surface area (Å²) >= 11 is 0. The van der Waals surface area contributed by atoms with Gasteiger partial charge in [-0.1, -0.05) is 19.3 Å². The summed E-state index contributed by atoms with van der Waals surface area (Å²) in [5, 5.41) is 9.25. The second-order valence-electron chi connectivity index (χ2n) is 5.82. The normalized spacial score (nSPS) is 18.3. The number of hydrogen-bond donors (Lipinski definition) is 2. The minimum absolute atomic E-state index is 0.0153. The molecule has 0 saturated heterocycles. The number of rotatable bonds is 3. The molecule has 19 heavy (non-hydrogen) atoms. The Hall–Kier alpha value is -1.35. The second-order valence-corrected chi connectivity index (χ2v) is 5.82. The molecule has 1 aromatic carbocycles. The third kappa shape index (κ3) is 2.52. The van der Waals surface area contributed by atoms with E-state index < -0.39 is 5.97 Å². The lowest BCUT2D eigenvalue weighted by Gasteiger charge is -2.38. The molecule has 0 heterocycles. The van der Waals surface area contributed by atoms with E-state index in [-0.39, 0.29) is 5.41 Å². The fraction of sp³-hybridized carbons (Fsp3) is 0.562. The standard InChI is InChI=1S/C16H23NO2/c1-11-8-13(15(18)19)9-14(12(11)2)16(10-17)6-4-3-5-7-16/h8-9H,3-7,10,17H2,1-2H3,(H,18,19). The minimum atomic E-state index is -0.854. The Balaban J connectivity index is 2.55. The highest BCUT2D eigenvalue weighted by atomic mass is 16.4. The molecule has 3 N–H and O–H groups in total. The number of carboxylic acid groups (broad SMARTS) is 1. The van der Waals surface area contributed by atoms with Crippen molar-refractivity contribution >= 4 is 5.97 Å². The zero-order valence-electron chi connectivity index (χ0n) is 11.8. The number of aryl methyl sites for hydroxylation is 1. The van der Waals surface area contributed by atoms with Gasteiger partial charge in [0.2, 0.25) is 0 Å². The molecule has 0 spiro atoms. The fourth-order valence-corrected chi connectivity index (χ4v) is 3.35. The zero-order valence-corrected chi connectivity index (χ0v) is 11.8. The lowest BCUT2D eigenvalue weighted by molar-refractivity contribution is 0.0696. The quantitative estimate of drug-likeness (QED) is 0.878. The Morgan fingerprint density at radius 1 is 1.26 bits per heavy atom. The monoisotopic (exact) mass is 261 g/mol. The molecule has 0 aromatic heterocycles. The van der Waals surface area contributed by atoms with Crippen molar-refractivity contribution in [2.45, 2.75) is 51.4 Å². The van der Waals surface area contributed by atoms with E-state index >= 15 is 0 Å². The molecule has 3 heteroatoms. The van der Waals surface area contributed by atoms with Crippen molar-refractivity contribution in [3.05, 3.63) is 34.4 Å². The van der Waals surface area contributed by atoms with Crippen LogP contribution in [0.4, 0.5) is 0 Å². The van der Waals surface area contributed by atoms with Crippen LogP contribution in [0.5, 0.6) is 0 Å². The highest BCUT2D eigenvalue weighted by molar-refractivity contribution is 5.88. The average molecular weight is 261 g/mol. The maximum absolute atomic E-state index is 11.3. The summed E-state index contributed by atoms with van der Waals surface area (Å²) in [4.78, 5) is 11.3. The van der Waals surface area contributed by atoms with E-state index in [0.29, 0.717) is 12.1 Å². The highest BCUT2D eigenvalue weighted by Crippen LogP contribution is 2.41. The molecular weight excluding hydrogens is 238 g/mol. The summed E-state index contributed by atoms with van der Waals surface area (Å²) in [5.41, 5.74) is 9.85. The summed E-state index contributed by atoms with van der Waals surface area (Å²) in [6, 6.07) is 3.61. The molecule has 1 aliphatic carbocycles. The first-order valence-electron chi connectivity index (χ1n) is 7.05. The highest BCUT2D eigenvalue weighted by Gasteiger charge is 2.34. The summed E-state index contributed by atoms with van der Waals surface area (Å²) in [7, 11) is 0. The Bertz CT molecular complexity index is 488. The lowest BCUT2D eigenvalue weighted by Crippen LogP contribution is -2.38. The molecule has 1 aromatic rings. The van der Waals surface area contributed by atoms with Crippen molar-refractivity contribution in [1.82, 2.24) is 0 Å². The Labute approximate surface area is 114 Å². The van der Waals surface area contributed by atoms with Crippen molar-refractivity contribution in [3.63, 3.8) is 0 Å². The first-order valence-corrected chi connectivity index (χ1v) is 7.05. The molecule has 2 rings (SSSR count). The van der Waals surface area contributed by atoms with Gasteiger partial charge in [0, 0.05) is 12.0 Å². The molecule has 0 bridgehead atoms. The van der Waals surface area contributed by atoms with Crippen molar-refractivity contribution in [1.29, 1.82) is 0 Å². The van der Waals surface area contributed by atoms with Crippen LogP contribution in [-0.4, -0.2) is 17.6 Å². The van der Waals surface area contributed by atoms with E-state index in [1.165, 1.54) is 24.8 Å². The van der Waals surface area contributed by atoms with E-state index in [1.54, 1.807) is 6.07 Å². The van der Waals surface area contributed by atoms with E-state index in [4.69, 9.17) is 5.73 Å². The lowest BCUT2D eigenvalue weighted by atomic mass is 9.67. The van der Waals surface area contributed by atoms with Crippen molar-refractivity contribution < 1.29 is 9.90 Å². The topological polar surface area (TPSA) is 63.3 Å². The van der Waals surface area contributed by atoms with Gasteiger partial charge >= 0.3 is 5.97 Å². The van der Waals surface area contributed by atoms with Crippen LogP contribution in [-0.2, 0) is 5.41 Å². The van der Waals surface area contributed by atoms with E-state index in [1.807, 2.05) is 13.0 Å². The van der Waals surface area contributed by atoms with Crippen molar-refractivity contribution in [2.75, 3.05) is 6.54 Å². The maximum Gasteiger partial charge on any atom is 0.335 e. The predicted molar refractivity (Wildman–Crippen MR) is 76.7 cm³/mol. The van der Waals surface area contributed by atoms with Gasteiger partial charge in [-0.2, -0.15) is 0 Å². The third-order valence-electron chi connectivity index (χ3n) is 4.69. The summed E-state index contributed by atoms with van der Waals surface area (Å²) in [5.74, 6) is -0.854. The fourth-order valence-electron chi connectivity index (χ4n) is 3.35. The molecular formula is C16H23NO2. The summed E-state index contributed by atoms with van der Waals surface area (Å²) in [6.07, 6.45) is 5.79. The number of hydrogen-bond acceptors (Lipinski definition) is 2. The zero-order chi connectivity index (χ0) is 14.0. The van der Waals surface area contributed by atoms with Crippen molar-refractivity contribution in [2.24, 2.45) is 5.73 Å². The summed E-state index contributed by atoms with van der Waals surface area (Å²) < 4.78 is 0. The Kier molecular flexibility index (Phi) is 3.95. The largest absolute Gasteiger partial charge is 0.478 e. The van der Waals surface area contributed by atoms with Crippen LogP contribution in [0.1, 0.15) is 59.2 Å². The van der Waals surface area contributed by atoms with Gasteiger partial charge in [0.25, 0.3) is 0 Å². The van der Waals surface area contributed by atoms with Crippen LogP contribution in [0.25, 0.3) is 0 Å². The third-order valence-corrected chi connectivity index (χ3v) is 4.69. The number of carbonyl (C=O) groups is 1. The van der Waals surface area contributed by atoms with Gasteiger partial charge in [0.15, 0.2) is 0 Å². The molecule has 0 aliphatic heterocycles. The van der Waals surface area contributed by atoms with E-state index in [0.717, 1.165) is 24.0 Å². The molecule has 0 unspecified atom stereocenters. The number of benzene rings is 1. The minimum Gasteiger partial charge on any atom is -0.478 e. The molecule has 1 aliphatic rings. The molecule has 104 valence electrons. The Morgan fingerprint density at radius 2 is 1.89 bits per heavy atom. The van der Waals surface area contributed by atoms with Crippen LogP contribution < -0.4 is 5.73 Å². The van der Waals surface area contributed by atoms with E-state index in [2.05, 4.69) is 6.92 Å². The first kappa shape index (κ1) is 14.1. The smallest absolute Gasteiger partial charge is 0.335 e. The molecule has 3 nitrogen and oxygen atoms in total. The van der Waals surface area contributed by atoms with Crippen LogP contribution in [0.2, 0.25) is 0 Å². The molecule has 1 saturated carbocycles. The average Bonchev–Trinajstić information content (AvgIpc) is 2.42. The van der Waals surface area contributed by atoms with Crippen molar-refractivity contribution in [3.8, 4) is 0 Å². The van der Waals surface area contributed by atoms with E-state index in [9.17, 15) is 9.90 Å². The van der Waals surface area contributed by atoms with Gasteiger partial charge in [-0.25, -0.2) is 4.79 Å². The van der Waals surface area contributed by atoms with Gasteiger partial charge in [-0.05, 0) is 55.5 Å². The molecule has 0 atom stereocenters. The molecule has 0 radical (unpaired) electrons. The second kappa shape index (κ2) is 5.33. The van der Waals surface area contributed by atoms with Gasteiger partial charge in [-0.3, -0.25) is 0 Å². The van der Waals surface area contributed by atoms with Crippen LogP contribution in [0.3, 0.4) is 0 Å². The van der Waals surface area contributed by atoms with Gasteiger partial charge in [-0.15, -0.1) is 0 Å². The van der Waals surface area contributed by atoms with Crippen LogP contribution in [0.15, 0.2) is 12.1 Å². The number of nitrogens with two attached hydrogens (primary N) is 1. The SMILES string of the molecule is Cc1cc(C(=O)O)cc(C2(CN)CCCCC2)c1C. The maximum atomic E-state index is 11.3. The van der Waals surface area contributed by atoms with Gasteiger partial charge in [0.05, 0.1) is 5.56 Å². The first-order chi connectivity index (χ1) is 9.00. The summed E-state index contributed by atoms with van der Waals surface area (Å²) in [6.45, 7) is 4.68. The Morgan fingerprint density at radius 3 is 2.42 bits per heavy atom. The molecule has 0 amide bonds. The van der Waals surface area contributed by atoms with Crippen LogP contribution in [0, 0.1) is 13.8 Å². The van der Waals surface area contributed by atoms with Gasteiger partial charge < -0.3 is 10.8 Å². The van der Waals surface area contributed by atoms with Crippen LogP contribution >= 0.6 is 0 Å². The number of aromatic carboxylic acids is 1. The predicted octanol–water partition coefficient (Wildman–Crippen LogP) is 3.16.